The fraction of sp³-hybridized carbons (Fsp3) is 0.316. The summed E-state index contributed by atoms with van der Waals surface area (Å²) in [4.78, 5) is 8.60. The number of H-pyrrole nitrogens is 1. The number of furan rings is 1. The Hall–Kier alpha value is -3.29. The zero-order valence-electron chi connectivity index (χ0n) is 15.7. The first-order valence-electron chi connectivity index (χ1n) is 8.77. The molecule has 0 saturated carbocycles. The van der Waals surface area contributed by atoms with Crippen LogP contribution in [0.4, 0.5) is 0 Å². The molecule has 0 fully saturated rings. The highest BCUT2D eigenvalue weighted by molar-refractivity contribution is 5.79. The molecular formula is C19H24N6O2. The molecule has 0 aliphatic heterocycles. The number of aromatic amines is 1. The van der Waals surface area contributed by atoms with Gasteiger partial charge in [0.1, 0.15) is 17.7 Å². The maximum atomic E-state index is 5.91. The van der Waals surface area contributed by atoms with E-state index in [2.05, 4.69) is 30.8 Å². The van der Waals surface area contributed by atoms with E-state index in [0.29, 0.717) is 36.5 Å². The summed E-state index contributed by atoms with van der Waals surface area (Å²) in [6.45, 7) is 5.12. The number of nitrogens with zero attached hydrogens (tertiary/aromatic N) is 3. The van der Waals surface area contributed by atoms with Crippen LogP contribution in [0.25, 0.3) is 11.6 Å². The third kappa shape index (κ3) is 5.34. The monoisotopic (exact) mass is 368 g/mol. The molecule has 1 atom stereocenters. The lowest BCUT2D eigenvalue weighted by molar-refractivity contribution is 0.223. The van der Waals surface area contributed by atoms with Crippen molar-refractivity contribution in [2.45, 2.75) is 26.5 Å². The Morgan fingerprint density at radius 3 is 2.93 bits per heavy atom. The molecule has 2 aromatic heterocycles. The molecule has 27 heavy (non-hydrogen) atoms. The lowest BCUT2D eigenvalue weighted by atomic mass is 10.2. The number of aliphatic imine (C=N–C) groups is 1. The van der Waals surface area contributed by atoms with E-state index < -0.39 is 0 Å². The lowest BCUT2D eigenvalue weighted by Gasteiger charge is -2.17. The van der Waals surface area contributed by atoms with Crippen LogP contribution in [-0.4, -0.2) is 40.8 Å². The summed E-state index contributed by atoms with van der Waals surface area (Å²) >= 11 is 0. The van der Waals surface area contributed by atoms with Gasteiger partial charge in [-0.1, -0.05) is 12.1 Å². The van der Waals surface area contributed by atoms with Crippen LogP contribution in [0.2, 0.25) is 0 Å². The number of nitrogens with one attached hydrogen (secondary N) is 3. The van der Waals surface area contributed by atoms with Crippen molar-refractivity contribution >= 4 is 5.96 Å². The molecule has 0 spiro atoms. The van der Waals surface area contributed by atoms with Gasteiger partial charge in [0.05, 0.1) is 19.4 Å². The summed E-state index contributed by atoms with van der Waals surface area (Å²) in [5, 5.41) is 13.5. The number of guanidine groups is 1. The van der Waals surface area contributed by atoms with Gasteiger partial charge in [-0.05, 0) is 43.7 Å². The highest BCUT2D eigenvalue weighted by Gasteiger charge is 2.09. The standard InChI is InChI=1S/C19H24N6O2/c1-13-6-4-7-15(10-13)27-14(2)11-21-19(20-3)22-12-17-23-18(25-24-17)16-8-5-9-26-16/h4-10,14H,11-12H2,1-3H3,(H2,20,21,22)(H,23,24,25). The highest BCUT2D eigenvalue weighted by Crippen LogP contribution is 2.15. The number of aryl methyl sites for hydroxylation is 1. The molecule has 1 unspecified atom stereocenters. The molecule has 0 bridgehead atoms. The van der Waals surface area contributed by atoms with Gasteiger partial charge >= 0.3 is 0 Å². The summed E-state index contributed by atoms with van der Waals surface area (Å²) in [5.41, 5.74) is 1.17. The van der Waals surface area contributed by atoms with Gasteiger partial charge in [-0.15, -0.1) is 5.10 Å². The van der Waals surface area contributed by atoms with Crippen molar-refractivity contribution in [2.75, 3.05) is 13.6 Å². The molecule has 0 radical (unpaired) electrons. The fourth-order valence-corrected chi connectivity index (χ4v) is 2.48. The van der Waals surface area contributed by atoms with Crippen LogP contribution in [0.3, 0.4) is 0 Å². The number of rotatable bonds is 7. The minimum atomic E-state index is -0.0128. The lowest BCUT2D eigenvalue weighted by Crippen LogP contribution is -2.41. The SMILES string of the molecule is CN=C(NCc1nc(-c2ccco2)n[nH]1)NCC(C)Oc1cccc(C)c1. The van der Waals surface area contributed by atoms with Crippen LogP contribution in [0.1, 0.15) is 18.3 Å². The van der Waals surface area contributed by atoms with E-state index in [4.69, 9.17) is 9.15 Å². The third-order valence-electron chi connectivity index (χ3n) is 3.80. The Morgan fingerprint density at radius 1 is 1.30 bits per heavy atom. The second kappa shape index (κ2) is 8.88. The number of hydrogen-bond acceptors (Lipinski definition) is 5. The topological polar surface area (TPSA) is 100 Å². The zero-order valence-corrected chi connectivity index (χ0v) is 15.7. The smallest absolute Gasteiger partial charge is 0.216 e. The van der Waals surface area contributed by atoms with Crippen molar-refractivity contribution in [3.05, 3.63) is 54.0 Å². The van der Waals surface area contributed by atoms with Gasteiger partial charge in [-0.2, -0.15) is 0 Å². The number of hydrogen-bond donors (Lipinski definition) is 3. The molecule has 0 amide bonds. The van der Waals surface area contributed by atoms with E-state index in [1.54, 1.807) is 19.4 Å². The van der Waals surface area contributed by atoms with Gasteiger partial charge in [0.2, 0.25) is 5.82 Å². The number of aromatic nitrogens is 3. The first-order chi connectivity index (χ1) is 13.1. The van der Waals surface area contributed by atoms with Crippen molar-refractivity contribution in [1.29, 1.82) is 0 Å². The maximum Gasteiger partial charge on any atom is 0.216 e. The van der Waals surface area contributed by atoms with Crippen LogP contribution in [0.15, 0.2) is 52.1 Å². The zero-order chi connectivity index (χ0) is 19.1. The number of benzene rings is 1. The van der Waals surface area contributed by atoms with E-state index in [1.807, 2.05) is 44.2 Å². The van der Waals surface area contributed by atoms with E-state index in [-0.39, 0.29) is 6.10 Å². The second-order valence-electron chi connectivity index (χ2n) is 6.13. The van der Waals surface area contributed by atoms with Crippen molar-refractivity contribution in [3.63, 3.8) is 0 Å². The van der Waals surface area contributed by atoms with Crippen molar-refractivity contribution in [2.24, 2.45) is 4.99 Å². The summed E-state index contributed by atoms with van der Waals surface area (Å²) in [6, 6.07) is 11.6. The van der Waals surface area contributed by atoms with Gasteiger partial charge < -0.3 is 19.8 Å². The third-order valence-corrected chi connectivity index (χ3v) is 3.80. The Labute approximate surface area is 158 Å². The van der Waals surface area contributed by atoms with Crippen LogP contribution in [0.5, 0.6) is 5.75 Å². The average molecular weight is 368 g/mol. The average Bonchev–Trinajstić information content (AvgIpc) is 3.33. The summed E-state index contributed by atoms with van der Waals surface area (Å²) in [6.07, 6.45) is 1.58. The summed E-state index contributed by atoms with van der Waals surface area (Å²) < 4.78 is 11.2. The first-order valence-corrected chi connectivity index (χ1v) is 8.77. The van der Waals surface area contributed by atoms with Crippen LogP contribution in [-0.2, 0) is 6.54 Å². The van der Waals surface area contributed by atoms with Gasteiger partial charge in [-0.3, -0.25) is 10.1 Å². The van der Waals surface area contributed by atoms with E-state index in [0.717, 1.165) is 5.75 Å². The molecular weight excluding hydrogens is 344 g/mol. The fourth-order valence-electron chi connectivity index (χ4n) is 2.48. The quantitative estimate of drug-likeness (QED) is 0.438. The predicted octanol–water partition coefficient (Wildman–Crippen LogP) is 2.51. The van der Waals surface area contributed by atoms with E-state index in [1.165, 1.54) is 5.56 Å². The molecule has 142 valence electrons. The molecule has 0 saturated heterocycles. The van der Waals surface area contributed by atoms with Crippen LogP contribution >= 0.6 is 0 Å². The predicted molar refractivity (Wildman–Crippen MR) is 104 cm³/mol. The molecule has 0 aliphatic carbocycles. The Balaban J connectivity index is 1.45. The molecule has 3 aromatic rings. The summed E-state index contributed by atoms with van der Waals surface area (Å²) in [7, 11) is 1.72. The van der Waals surface area contributed by atoms with Gasteiger partial charge in [0, 0.05) is 7.05 Å². The second-order valence-corrected chi connectivity index (χ2v) is 6.13. The molecule has 8 heteroatoms. The maximum absolute atomic E-state index is 5.91. The number of ether oxygens (including phenoxy) is 1. The van der Waals surface area contributed by atoms with Crippen LogP contribution in [0, 0.1) is 6.92 Å². The molecule has 0 aliphatic rings. The van der Waals surface area contributed by atoms with Crippen LogP contribution < -0.4 is 15.4 Å². The highest BCUT2D eigenvalue weighted by atomic mass is 16.5. The molecule has 2 heterocycles. The Morgan fingerprint density at radius 2 is 2.19 bits per heavy atom. The summed E-state index contributed by atoms with van der Waals surface area (Å²) in [5.74, 6) is 3.36. The van der Waals surface area contributed by atoms with Gasteiger partial charge in [-0.25, -0.2) is 4.98 Å². The Kier molecular flexibility index (Phi) is 6.09. The van der Waals surface area contributed by atoms with E-state index in [9.17, 15) is 0 Å². The molecule has 8 nitrogen and oxygen atoms in total. The Bertz CT molecular complexity index is 872. The van der Waals surface area contributed by atoms with Crippen molar-refractivity contribution in [3.8, 4) is 17.3 Å². The molecule has 3 rings (SSSR count). The first kappa shape index (κ1) is 18.5. The van der Waals surface area contributed by atoms with Gasteiger partial charge in [0.15, 0.2) is 11.7 Å². The van der Waals surface area contributed by atoms with Crippen molar-refractivity contribution in [1.82, 2.24) is 25.8 Å². The minimum absolute atomic E-state index is 0.0128. The normalized spacial score (nSPS) is 12.6. The molecule has 3 N–H and O–H groups in total. The van der Waals surface area contributed by atoms with Gasteiger partial charge in [0.25, 0.3) is 0 Å². The minimum Gasteiger partial charge on any atom is -0.489 e. The molecule has 1 aromatic carbocycles. The van der Waals surface area contributed by atoms with Crippen molar-refractivity contribution < 1.29 is 9.15 Å². The van der Waals surface area contributed by atoms with E-state index >= 15 is 0 Å². The largest absolute Gasteiger partial charge is 0.489 e.